The van der Waals surface area contributed by atoms with E-state index in [9.17, 15) is 4.79 Å². The molecular weight excluding hydrogens is 346 g/mol. The van der Waals surface area contributed by atoms with Crippen LogP contribution in [0.2, 0.25) is 0 Å². The number of carbonyl (C=O) groups is 1. The van der Waals surface area contributed by atoms with Gasteiger partial charge in [-0.05, 0) is 41.6 Å². The Morgan fingerprint density at radius 3 is 2.32 bits per heavy atom. The van der Waals surface area contributed by atoms with Gasteiger partial charge in [0.2, 0.25) is 0 Å². The number of rotatable bonds is 5. The van der Waals surface area contributed by atoms with Crippen LogP contribution >= 0.6 is 0 Å². The number of carbonyl (C=O) groups excluding carboxylic acids is 1. The zero-order chi connectivity index (χ0) is 19.3. The molecule has 0 N–H and O–H groups in total. The number of ether oxygens (including phenoxy) is 1. The quantitative estimate of drug-likeness (QED) is 0.413. The molecule has 138 valence electrons. The Hall–Kier alpha value is -3.59. The Kier molecular flexibility index (Phi) is 5.07. The second kappa shape index (κ2) is 7.97. The average molecular weight is 367 g/mol. The van der Waals surface area contributed by atoms with E-state index in [1.54, 1.807) is 0 Å². The minimum atomic E-state index is -0.308. The van der Waals surface area contributed by atoms with Crippen LogP contribution in [0.1, 0.15) is 28.4 Å². The summed E-state index contributed by atoms with van der Waals surface area (Å²) in [6.45, 7) is 2.17. The largest absolute Gasteiger partial charge is 0.462 e. The van der Waals surface area contributed by atoms with Gasteiger partial charge < -0.3 is 9.30 Å². The van der Waals surface area contributed by atoms with Crippen molar-refractivity contribution in [3.05, 3.63) is 108 Å². The smallest absolute Gasteiger partial charge is 0.338 e. The summed E-state index contributed by atoms with van der Waals surface area (Å²) in [5.41, 5.74) is 4.54. The van der Waals surface area contributed by atoms with Gasteiger partial charge in [-0.25, -0.2) is 4.79 Å². The van der Waals surface area contributed by atoms with Crippen molar-refractivity contribution in [2.45, 2.75) is 6.92 Å². The molecule has 0 atom stereocenters. The molecule has 1 aromatic heterocycles. The van der Waals surface area contributed by atoms with Crippen LogP contribution in [-0.2, 0) is 4.74 Å². The topological polar surface area (TPSA) is 31.2 Å². The van der Waals surface area contributed by atoms with Crippen molar-refractivity contribution in [3.63, 3.8) is 0 Å². The van der Waals surface area contributed by atoms with Gasteiger partial charge in [-0.2, -0.15) is 0 Å². The SMILES string of the molecule is CCOC(=O)c1ccccc1/C(=C/n1ccc2ccccc21)c1ccccc1. The molecule has 0 fully saturated rings. The van der Waals surface area contributed by atoms with E-state index in [4.69, 9.17) is 4.74 Å². The number of fused-ring (bicyclic) bond motifs is 1. The van der Waals surface area contributed by atoms with Crippen molar-refractivity contribution < 1.29 is 9.53 Å². The summed E-state index contributed by atoms with van der Waals surface area (Å²) in [4.78, 5) is 12.6. The van der Waals surface area contributed by atoms with Gasteiger partial charge in [-0.1, -0.05) is 66.7 Å². The summed E-state index contributed by atoms with van der Waals surface area (Å²) in [5.74, 6) is -0.308. The Morgan fingerprint density at radius 1 is 0.857 bits per heavy atom. The first kappa shape index (κ1) is 17.8. The Labute approximate surface area is 164 Å². The van der Waals surface area contributed by atoms with Gasteiger partial charge in [-0.15, -0.1) is 0 Å². The molecule has 0 amide bonds. The molecular formula is C25H21NO2. The van der Waals surface area contributed by atoms with Gasteiger partial charge in [0.15, 0.2) is 0 Å². The van der Waals surface area contributed by atoms with Gasteiger partial charge in [0.25, 0.3) is 0 Å². The molecule has 0 aliphatic carbocycles. The fourth-order valence-electron chi connectivity index (χ4n) is 3.38. The van der Waals surface area contributed by atoms with Crippen LogP contribution in [0.25, 0.3) is 22.7 Å². The maximum atomic E-state index is 12.6. The lowest BCUT2D eigenvalue weighted by atomic mass is 9.94. The van der Waals surface area contributed by atoms with E-state index in [-0.39, 0.29) is 5.97 Å². The summed E-state index contributed by atoms with van der Waals surface area (Å²) in [5, 5.41) is 1.17. The second-order valence-corrected chi connectivity index (χ2v) is 6.46. The molecule has 3 nitrogen and oxygen atoms in total. The molecule has 28 heavy (non-hydrogen) atoms. The minimum Gasteiger partial charge on any atom is -0.462 e. The fourth-order valence-corrected chi connectivity index (χ4v) is 3.38. The molecule has 3 aromatic carbocycles. The molecule has 4 rings (SSSR count). The van der Waals surface area contributed by atoms with Crippen LogP contribution in [0.15, 0.2) is 91.1 Å². The lowest BCUT2D eigenvalue weighted by Crippen LogP contribution is -2.08. The van der Waals surface area contributed by atoms with E-state index in [1.165, 1.54) is 5.39 Å². The van der Waals surface area contributed by atoms with Crippen molar-refractivity contribution in [1.29, 1.82) is 0 Å². The first-order chi connectivity index (χ1) is 13.8. The highest BCUT2D eigenvalue weighted by atomic mass is 16.5. The normalized spacial score (nSPS) is 11.5. The van der Waals surface area contributed by atoms with Crippen molar-refractivity contribution >= 4 is 28.6 Å². The van der Waals surface area contributed by atoms with Gasteiger partial charge in [0.1, 0.15) is 0 Å². The van der Waals surface area contributed by atoms with Gasteiger partial charge in [-0.3, -0.25) is 0 Å². The summed E-state index contributed by atoms with van der Waals surface area (Å²) < 4.78 is 7.38. The minimum absolute atomic E-state index is 0.308. The molecule has 3 heteroatoms. The van der Waals surface area contributed by atoms with E-state index in [0.29, 0.717) is 12.2 Å². The highest BCUT2D eigenvalue weighted by molar-refractivity contribution is 6.01. The van der Waals surface area contributed by atoms with E-state index in [2.05, 4.69) is 41.1 Å². The van der Waals surface area contributed by atoms with Gasteiger partial charge in [0.05, 0.1) is 17.7 Å². The lowest BCUT2D eigenvalue weighted by molar-refractivity contribution is 0.0526. The zero-order valence-corrected chi connectivity index (χ0v) is 15.7. The molecule has 0 saturated heterocycles. The third kappa shape index (κ3) is 3.47. The van der Waals surface area contributed by atoms with Gasteiger partial charge >= 0.3 is 5.97 Å². The van der Waals surface area contributed by atoms with E-state index in [0.717, 1.165) is 22.2 Å². The third-order valence-electron chi connectivity index (χ3n) is 4.70. The molecule has 0 aliphatic heterocycles. The molecule has 0 unspecified atom stereocenters. The number of para-hydroxylation sites is 1. The summed E-state index contributed by atoms with van der Waals surface area (Å²) in [6.07, 6.45) is 4.12. The van der Waals surface area contributed by atoms with Crippen LogP contribution in [0, 0.1) is 0 Å². The summed E-state index contributed by atoms with van der Waals surface area (Å²) in [6, 6.07) is 28.0. The van der Waals surface area contributed by atoms with Crippen LogP contribution in [-0.4, -0.2) is 17.1 Å². The van der Waals surface area contributed by atoms with Crippen LogP contribution in [0.5, 0.6) is 0 Å². The first-order valence-electron chi connectivity index (χ1n) is 9.37. The number of aromatic nitrogens is 1. The van der Waals surface area contributed by atoms with Crippen LogP contribution in [0.4, 0.5) is 0 Å². The molecule has 0 aliphatic rings. The number of benzene rings is 3. The molecule has 0 radical (unpaired) electrons. The van der Waals surface area contributed by atoms with Crippen LogP contribution in [0.3, 0.4) is 0 Å². The summed E-state index contributed by atoms with van der Waals surface area (Å²) in [7, 11) is 0. The molecule has 0 bridgehead atoms. The number of hydrogen-bond donors (Lipinski definition) is 0. The standard InChI is InChI=1S/C25H21NO2/c1-2-28-25(27)22-14-8-7-13-21(22)23(19-10-4-3-5-11-19)18-26-17-16-20-12-6-9-15-24(20)26/h3-18H,2H2,1H3/b23-18+. The average Bonchev–Trinajstić information content (AvgIpc) is 3.16. The number of nitrogens with zero attached hydrogens (tertiary/aromatic N) is 1. The van der Waals surface area contributed by atoms with Crippen molar-refractivity contribution in [2.24, 2.45) is 0 Å². The van der Waals surface area contributed by atoms with E-state index < -0.39 is 0 Å². The van der Waals surface area contributed by atoms with Crippen molar-refractivity contribution in [3.8, 4) is 0 Å². The Balaban J connectivity index is 1.93. The molecule has 4 aromatic rings. The van der Waals surface area contributed by atoms with E-state index in [1.807, 2.05) is 67.7 Å². The second-order valence-electron chi connectivity index (χ2n) is 6.46. The maximum Gasteiger partial charge on any atom is 0.338 e. The van der Waals surface area contributed by atoms with Crippen LogP contribution < -0.4 is 0 Å². The monoisotopic (exact) mass is 367 g/mol. The predicted octanol–water partition coefficient (Wildman–Crippen LogP) is 5.86. The number of hydrogen-bond acceptors (Lipinski definition) is 2. The highest BCUT2D eigenvalue weighted by Gasteiger charge is 2.16. The van der Waals surface area contributed by atoms with Crippen molar-refractivity contribution in [2.75, 3.05) is 6.61 Å². The summed E-state index contributed by atoms with van der Waals surface area (Å²) >= 11 is 0. The highest BCUT2D eigenvalue weighted by Crippen LogP contribution is 2.29. The van der Waals surface area contributed by atoms with Crippen molar-refractivity contribution in [1.82, 2.24) is 4.57 Å². The molecule has 0 spiro atoms. The number of esters is 1. The Bertz CT molecular complexity index is 1140. The molecule has 1 heterocycles. The van der Waals surface area contributed by atoms with Gasteiger partial charge in [0, 0.05) is 18.0 Å². The predicted molar refractivity (Wildman–Crippen MR) is 114 cm³/mol. The van der Waals surface area contributed by atoms with E-state index >= 15 is 0 Å². The zero-order valence-electron chi connectivity index (χ0n) is 15.7. The molecule has 0 saturated carbocycles. The Morgan fingerprint density at radius 2 is 1.54 bits per heavy atom. The first-order valence-corrected chi connectivity index (χ1v) is 9.37. The third-order valence-corrected chi connectivity index (χ3v) is 4.70. The lowest BCUT2D eigenvalue weighted by Gasteiger charge is -2.14. The fraction of sp³-hybridized carbons (Fsp3) is 0.0800. The maximum absolute atomic E-state index is 12.6.